The minimum atomic E-state index is -0.659. The van der Waals surface area contributed by atoms with Crippen molar-refractivity contribution in [2.45, 2.75) is 38.7 Å². The Morgan fingerprint density at radius 2 is 1.81 bits per heavy atom. The van der Waals surface area contributed by atoms with E-state index in [0.29, 0.717) is 35.6 Å². The van der Waals surface area contributed by atoms with Crippen LogP contribution in [0.4, 0.5) is 8.78 Å². The summed E-state index contributed by atoms with van der Waals surface area (Å²) in [5.41, 5.74) is 3.99. The monoisotopic (exact) mass is 432 g/mol. The molecule has 0 saturated carbocycles. The minimum Gasteiger partial charge on any atom is -0.373 e. The van der Waals surface area contributed by atoms with Gasteiger partial charge in [-0.05, 0) is 68.7 Å². The molecule has 1 fully saturated rings. The number of rotatable bonds is 3. The maximum Gasteiger partial charge on any atom is 0.163 e. The zero-order chi connectivity index (χ0) is 22.2. The number of aryl methyl sites for hydroxylation is 2. The van der Waals surface area contributed by atoms with Crippen molar-refractivity contribution in [1.29, 1.82) is 0 Å². The highest BCUT2D eigenvalue weighted by molar-refractivity contribution is 5.90. The van der Waals surface area contributed by atoms with Gasteiger partial charge in [0, 0.05) is 47.1 Å². The summed E-state index contributed by atoms with van der Waals surface area (Å²) in [6.45, 7) is 4.41. The number of nitrogens with zero attached hydrogens (tertiary/aromatic N) is 4. The molecule has 0 aliphatic carbocycles. The Bertz CT molecular complexity index is 1310. The lowest BCUT2D eigenvalue weighted by Crippen LogP contribution is -2.21. The predicted molar refractivity (Wildman–Crippen MR) is 117 cm³/mol. The number of pyridine rings is 2. The fourth-order valence-electron chi connectivity index (χ4n) is 4.22. The molecule has 4 aromatic rings. The summed E-state index contributed by atoms with van der Waals surface area (Å²) in [5.74, 6) is -0.656. The Balaban J connectivity index is 1.59. The second kappa shape index (κ2) is 8.31. The molecule has 1 aromatic carbocycles. The molecule has 2 atom stereocenters. The standard InChI is InChI=1S/C25H22F2N4O/c1-14-3-5-20-23(19-6-4-18(26)13-21(19)27)30-24(31-25(20)29-14)17-8-10-32-22(12-17)16-7-9-28-15(2)11-16/h3-7,9,11,13,17,22H,8,10,12H2,1-2H3/t17-,22+/m1/s1. The largest absolute Gasteiger partial charge is 0.373 e. The maximum atomic E-state index is 14.7. The lowest BCUT2D eigenvalue weighted by atomic mass is 9.91. The third kappa shape index (κ3) is 3.96. The van der Waals surface area contributed by atoms with E-state index in [4.69, 9.17) is 14.7 Å². The molecular formula is C25H22F2N4O. The second-order valence-corrected chi connectivity index (χ2v) is 8.19. The van der Waals surface area contributed by atoms with Crippen LogP contribution in [0.25, 0.3) is 22.3 Å². The van der Waals surface area contributed by atoms with Crippen LogP contribution < -0.4 is 0 Å². The number of aromatic nitrogens is 4. The molecule has 1 aliphatic rings. The summed E-state index contributed by atoms with van der Waals surface area (Å²) >= 11 is 0. The summed E-state index contributed by atoms with van der Waals surface area (Å²) in [6.07, 6.45) is 3.15. The van der Waals surface area contributed by atoms with E-state index in [9.17, 15) is 8.78 Å². The predicted octanol–water partition coefficient (Wildman–Crippen LogP) is 5.62. The molecule has 0 unspecified atom stereocenters. The number of hydrogen-bond acceptors (Lipinski definition) is 5. The van der Waals surface area contributed by atoms with Crippen LogP contribution in [0.15, 0.2) is 48.7 Å². The SMILES string of the molecule is Cc1cc([C@@H]2C[C@H](c3nc(-c4ccc(F)cc4F)c4ccc(C)nc4n3)CCO2)ccn1. The van der Waals surface area contributed by atoms with Gasteiger partial charge in [-0.25, -0.2) is 23.7 Å². The summed E-state index contributed by atoms with van der Waals surface area (Å²) in [5, 5.41) is 0.637. The third-order valence-corrected chi connectivity index (χ3v) is 5.84. The average molecular weight is 432 g/mol. The van der Waals surface area contributed by atoms with Gasteiger partial charge in [0.05, 0.1) is 11.8 Å². The van der Waals surface area contributed by atoms with Crippen LogP contribution in [0.3, 0.4) is 0 Å². The van der Waals surface area contributed by atoms with Crippen LogP contribution >= 0.6 is 0 Å². The van der Waals surface area contributed by atoms with Crippen molar-refractivity contribution in [2.24, 2.45) is 0 Å². The van der Waals surface area contributed by atoms with Gasteiger partial charge >= 0.3 is 0 Å². The fourth-order valence-corrected chi connectivity index (χ4v) is 4.22. The highest BCUT2D eigenvalue weighted by Crippen LogP contribution is 2.38. The van der Waals surface area contributed by atoms with E-state index in [1.54, 1.807) is 6.20 Å². The third-order valence-electron chi connectivity index (χ3n) is 5.84. The lowest BCUT2D eigenvalue weighted by Gasteiger charge is -2.29. The molecule has 5 nitrogen and oxygen atoms in total. The Hall–Kier alpha value is -3.32. The van der Waals surface area contributed by atoms with Gasteiger partial charge in [0.1, 0.15) is 17.5 Å². The van der Waals surface area contributed by atoms with E-state index in [1.807, 2.05) is 38.1 Å². The van der Waals surface area contributed by atoms with Gasteiger partial charge in [-0.2, -0.15) is 0 Å². The summed E-state index contributed by atoms with van der Waals surface area (Å²) in [7, 11) is 0. The highest BCUT2D eigenvalue weighted by Gasteiger charge is 2.28. The number of ether oxygens (including phenoxy) is 1. The quantitative estimate of drug-likeness (QED) is 0.421. The first-order valence-electron chi connectivity index (χ1n) is 10.6. The van der Waals surface area contributed by atoms with Crippen LogP contribution in [-0.4, -0.2) is 26.5 Å². The number of benzene rings is 1. The maximum absolute atomic E-state index is 14.7. The first kappa shape index (κ1) is 20.6. The molecule has 162 valence electrons. The normalized spacial score (nSPS) is 18.8. The molecule has 0 amide bonds. The van der Waals surface area contributed by atoms with Crippen LogP contribution in [-0.2, 0) is 4.74 Å². The molecule has 0 radical (unpaired) electrons. The van der Waals surface area contributed by atoms with Gasteiger partial charge in [-0.3, -0.25) is 4.98 Å². The number of hydrogen-bond donors (Lipinski definition) is 0. The smallest absolute Gasteiger partial charge is 0.163 e. The van der Waals surface area contributed by atoms with Crippen molar-refractivity contribution in [3.8, 4) is 11.3 Å². The first-order valence-corrected chi connectivity index (χ1v) is 10.6. The van der Waals surface area contributed by atoms with E-state index in [0.717, 1.165) is 29.4 Å². The average Bonchev–Trinajstić information content (AvgIpc) is 2.78. The van der Waals surface area contributed by atoms with Gasteiger partial charge in [0.2, 0.25) is 0 Å². The van der Waals surface area contributed by atoms with Crippen LogP contribution in [0.5, 0.6) is 0 Å². The molecule has 0 spiro atoms. The van der Waals surface area contributed by atoms with Crippen LogP contribution in [0.2, 0.25) is 0 Å². The van der Waals surface area contributed by atoms with Crippen molar-refractivity contribution in [2.75, 3.05) is 6.61 Å². The lowest BCUT2D eigenvalue weighted by molar-refractivity contribution is 0.00393. The molecular weight excluding hydrogens is 410 g/mol. The van der Waals surface area contributed by atoms with Gasteiger partial charge < -0.3 is 4.74 Å². The molecule has 1 aliphatic heterocycles. The number of fused-ring (bicyclic) bond motifs is 1. The highest BCUT2D eigenvalue weighted by atomic mass is 19.1. The summed E-state index contributed by atoms with van der Waals surface area (Å²) in [6, 6.07) is 11.2. The van der Waals surface area contributed by atoms with E-state index in [1.165, 1.54) is 12.1 Å². The van der Waals surface area contributed by atoms with Gasteiger partial charge in [0.15, 0.2) is 5.65 Å². The zero-order valence-electron chi connectivity index (χ0n) is 17.8. The van der Waals surface area contributed by atoms with Crippen molar-refractivity contribution >= 4 is 11.0 Å². The van der Waals surface area contributed by atoms with Crippen LogP contribution in [0.1, 0.15) is 47.6 Å². The van der Waals surface area contributed by atoms with Crippen molar-refractivity contribution in [1.82, 2.24) is 19.9 Å². The Morgan fingerprint density at radius 3 is 2.62 bits per heavy atom. The Labute approximate surface area is 184 Å². The molecule has 5 rings (SSSR count). The first-order chi connectivity index (χ1) is 15.5. The van der Waals surface area contributed by atoms with E-state index in [-0.39, 0.29) is 17.6 Å². The number of halogens is 2. The van der Waals surface area contributed by atoms with Gasteiger partial charge in [-0.1, -0.05) is 0 Å². The molecule has 0 bridgehead atoms. The van der Waals surface area contributed by atoms with Crippen molar-refractivity contribution in [3.63, 3.8) is 0 Å². The molecule has 4 heterocycles. The molecule has 0 N–H and O–H groups in total. The van der Waals surface area contributed by atoms with Crippen LogP contribution in [0, 0.1) is 25.5 Å². The molecule has 32 heavy (non-hydrogen) atoms. The fraction of sp³-hybridized carbons (Fsp3) is 0.280. The van der Waals surface area contributed by atoms with Gasteiger partial charge in [-0.15, -0.1) is 0 Å². The zero-order valence-corrected chi connectivity index (χ0v) is 17.8. The molecule has 1 saturated heterocycles. The summed E-state index contributed by atoms with van der Waals surface area (Å²) in [4.78, 5) is 18.4. The summed E-state index contributed by atoms with van der Waals surface area (Å²) < 4.78 is 34.2. The Morgan fingerprint density at radius 1 is 0.938 bits per heavy atom. The van der Waals surface area contributed by atoms with Crippen molar-refractivity contribution < 1.29 is 13.5 Å². The topological polar surface area (TPSA) is 60.8 Å². The molecule has 3 aromatic heterocycles. The molecule has 7 heteroatoms. The van der Waals surface area contributed by atoms with E-state index < -0.39 is 11.6 Å². The van der Waals surface area contributed by atoms with Crippen molar-refractivity contribution in [3.05, 3.63) is 83.1 Å². The minimum absolute atomic E-state index is 0.0243. The van der Waals surface area contributed by atoms with E-state index >= 15 is 0 Å². The van der Waals surface area contributed by atoms with Gasteiger partial charge in [0.25, 0.3) is 0 Å². The second-order valence-electron chi connectivity index (χ2n) is 8.19. The Kier molecular flexibility index (Phi) is 5.35. The van der Waals surface area contributed by atoms with E-state index in [2.05, 4.69) is 9.97 Å².